The van der Waals surface area contributed by atoms with Crippen molar-refractivity contribution in [3.63, 3.8) is 0 Å². The molecular weight excluding hydrogens is 284 g/mol. The van der Waals surface area contributed by atoms with E-state index < -0.39 is 9.84 Å². The van der Waals surface area contributed by atoms with Gasteiger partial charge in [-0.15, -0.1) is 6.58 Å². The van der Waals surface area contributed by atoms with Crippen molar-refractivity contribution in [2.24, 2.45) is 0 Å². The van der Waals surface area contributed by atoms with Gasteiger partial charge < -0.3 is 5.53 Å². The summed E-state index contributed by atoms with van der Waals surface area (Å²) in [7, 11) is -3.34. The highest BCUT2D eigenvalue weighted by Gasteiger charge is 2.07. The summed E-state index contributed by atoms with van der Waals surface area (Å²) in [5, 5.41) is 0. The van der Waals surface area contributed by atoms with Crippen LogP contribution in [0.5, 0.6) is 0 Å². The molecule has 0 saturated carbocycles. The van der Waals surface area contributed by atoms with Gasteiger partial charge in [-0.2, -0.15) is 4.79 Å². The predicted octanol–water partition coefficient (Wildman–Crippen LogP) is 3.20. The predicted molar refractivity (Wildman–Crippen MR) is 85.5 cm³/mol. The van der Waals surface area contributed by atoms with E-state index in [9.17, 15) is 8.42 Å². The molecule has 5 heteroatoms. The summed E-state index contributed by atoms with van der Waals surface area (Å²) in [5.74, 6) is -0.197. The Kier molecular flexibility index (Phi) is 6.81. The minimum Gasteiger partial charge on any atom is -0.361 e. The Bertz CT molecular complexity index is 667. The molecule has 21 heavy (non-hydrogen) atoms. The number of sulfone groups is 1. The lowest BCUT2D eigenvalue weighted by Gasteiger charge is -1.98. The SMILES string of the molecule is C=CCS(=O)(=O)C=[N+]=[N-].c1ccc(-c2ccccc2)cc1. The van der Waals surface area contributed by atoms with Gasteiger partial charge in [-0.25, -0.2) is 8.42 Å². The summed E-state index contributed by atoms with van der Waals surface area (Å²) >= 11 is 0. The average molecular weight is 300 g/mol. The fourth-order valence-corrected chi connectivity index (χ4v) is 2.10. The van der Waals surface area contributed by atoms with Crippen LogP contribution in [0.2, 0.25) is 0 Å². The first kappa shape index (κ1) is 16.6. The van der Waals surface area contributed by atoms with Crippen LogP contribution in [-0.2, 0) is 9.84 Å². The normalized spacial score (nSPS) is 9.71. The van der Waals surface area contributed by atoms with Crippen LogP contribution in [0.25, 0.3) is 16.7 Å². The van der Waals surface area contributed by atoms with Crippen LogP contribution >= 0.6 is 0 Å². The fourth-order valence-electron chi connectivity index (χ4n) is 1.54. The quantitative estimate of drug-likeness (QED) is 0.286. The van der Waals surface area contributed by atoms with Gasteiger partial charge in [-0.1, -0.05) is 66.7 Å². The van der Waals surface area contributed by atoms with E-state index in [2.05, 4.69) is 59.9 Å². The zero-order chi connectivity index (χ0) is 15.6. The average Bonchev–Trinajstić information content (AvgIpc) is 2.49. The highest BCUT2D eigenvalue weighted by molar-refractivity contribution is 8.04. The van der Waals surface area contributed by atoms with Crippen LogP contribution < -0.4 is 0 Å². The molecule has 0 N–H and O–H groups in total. The third kappa shape index (κ3) is 6.47. The van der Waals surface area contributed by atoms with Gasteiger partial charge in [0.1, 0.15) is 0 Å². The summed E-state index contributed by atoms with van der Waals surface area (Å²) in [4.78, 5) is 2.37. The molecule has 0 bridgehead atoms. The lowest BCUT2D eigenvalue weighted by molar-refractivity contribution is 0.00756. The second-order valence-electron chi connectivity index (χ2n) is 4.07. The van der Waals surface area contributed by atoms with E-state index in [-0.39, 0.29) is 5.75 Å². The van der Waals surface area contributed by atoms with Crippen LogP contribution in [0.3, 0.4) is 0 Å². The van der Waals surface area contributed by atoms with Gasteiger partial charge in [0.2, 0.25) is 9.84 Å². The van der Waals surface area contributed by atoms with Gasteiger partial charge in [-0.3, -0.25) is 0 Å². The topological polar surface area (TPSA) is 70.5 Å². The van der Waals surface area contributed by atoms with E-state index in [4.69, 9.17) is 5.53 Å². The smallest absolute Gasteiger partial charge is 0.361 e. The van der Waals surface area contributed by atoms with Crippen molar-refractivity contribution >= 4 is 15.4 Å². The van der Waals surface area contributed by atoms with Crippen molar-refractivity contribution in [1.82, 2.24) is 0 Å². The third-order valence-corrected chi connectivity index (χ3v) is 3.55. The van der Waals surface area contributed by atoms with Crippen molar-refractivity contribution < 1.29 is 13.2 Å². The summed E-state index contributed by atoms with van der Waals surface area (Å²) in [6.07, 6.45) is 1.22. The summed E-state index contributed by atoms with van der Waals surface area (Å²) in [6.45, 7) is 3.21. The molecule has 2 aromatic carbocycles. The molecule has 0 aliphatic rings. The monoisotopic (exact) mass is 300 g/mol. The molecule has 2 rings (SSSR count). The van der Waals surface area contributed by atoms with Gasteiger partial charge in [-0.05, 0) is 11.1 Å². The van der Waals surface area contributed by atoms with Gasteiger partial charge in [0.25, 0.3) is 0 Å². The Morgan fingerprint density at radius 1 is 0.952 bits per heavy atom. The highest BCUT2D eigenvalue weighted by Crippen LogP contribution is 2.17. The first-order valence-electron chi connectivity index (χ1n) is 6.20. The molecule has 0 radical (unpaired) electrons. The minimum absolute atomic E-state index is 0.197. The van der Waals surface area contributed by atoms with Crippen molar-refractivity contribution in [1.29, 1.82) is 0 Å². The standard InChI is InChI=1S/C12H10.C4H6N2O2S/c1-3-7-11(8-4-1)12-9-5-2-6-10-12;1-2-3-9(7,8)4-6-5/h1-10H;2,4H,1,3H2. The molecule has 0 unspecified atom stereocenters. The number of hydrogen-bond donors (Lipinski definition) is 0. The van der Waals surface area contributed by atoms with Crippen molar-refractivity contribution in [3.8, 4) is 11.1 Å². The molecule has 0 aliphatic heterocycles. The lowest BCUT2D eigenvalue weighted by atomic mass is 10.1. The Hall–Kier alpha value is -2.49. The van der Waals surface area contributed by atoms with Gasteiger partial charge in [0.05, 0.1) is 5.75 Å². The molecule has 0 fully saturated rings. The van der Waals surface area contributed by atoms with Gasteiger partial charge >= 0.3 is 5.55 Å². The van der Waals surface area contributed by atoms with E-state index in [0.29, 0.717) is 5.55 Å². The Balaban J connectivity index is 0.000000222. The number of rotatable bonds is 4. The van der Waals surface area contributed by atoms with Crippen molar-refractivity contribution in [3.05, 3.63) is 78.8 Å². The molecule has 0 saturated heterocycles. The fraction of sp³-hybridized carbons (Fsp3) is 0.0625. The summed E-state index contributed by atoms with van der Waals surface area (Å²) < 4.78 is 20.9. The van der Waals surface area contributed by atoms with Crippen molar-refractivity contribution in [2.75, 3.05) is 5.75 Å². The zero-order valence-corrected chi connectivity index (χ0v) is 12.3. The molecule has 2 aromatic rings. The lowest BCUT2D eigenvalue weighted by Crippen LogP contribution is -2.04. The first-order chi connectivity index (χ1) is 10.1. The summed E-state index contributed by atoms with van der Waals surface area (Å²) in [5.41, 5.74) is 10.8. The van der Waals surface area contributed by atoms with Crippen LogP contribution in [-0.4, -0.2) is 24.5 Å². The van der Waals surface area contributed by atoms with E-state index >= 15 is 0 Å². The molecule has 0 amide bonds. The number of hydrogen-bond acceptors (Lipinski definition) is 2. The molecular formula is C16H16N2O2S. The summed E-state index contributed by atoms with van der Waals surface area (Å²) in [6, 6.07) is 20.8. The van der Waals surface area contributed by atoms with E-state index in [1.165, 1.54) is 17.2 Å². The molecule has 0 heterocycles. The van der Waals surface area contributed by atoms with E-state index in [1.54, 1.807) is 0 Å². The molecule has 0 aliphatic carbocycles. The van der Waals surface area contributed by atoms with Crippen molar-refractivity contribution in [2.45, 2.75) is 0 Å². The molecule has 4 nitrogen and oxygen atoms in total. The first-order valence-corrected chi connectivity index (χ1v) is 7.92. The Morgan fingerprint density at radius 2 is 1.38 bits per heavy atom. The van der Waals surface area contributed by atoms with Gasteiger partial charge in [0.15, 0.2) is 0 Å². The largest absolute Gasteiger partial charge is 0.370 e. The third-order valence-electron chi connectivity index (χ3n) is 2.44. The Labute approximate surface area is 124 Å². The maximum absolute atomic E-state index is 10.4. The second-order valence-corrected chi connectivity index (χ2v) is 5.94. The van der Waals surface area contributed by atoms with E-state index in [0.717, 1.165) is 0 Å². The second kappa shape index (κ2) is 8.64. The molecule has 108 valence electrons. The van der Waals surface area contributed by atoms with Crippen LogP contribution in [0.15, 0.2) is 73.3 Å². The number of benzene rings is 2. The van der Waals surface area contributed by atoms with Gasteiger partial charge in [0, 0.05) is 0 Å². The molecule has 0 spiro atoms. The van der Waals surface area contributed by atoms with Crippen LogP contribution in [0.4, 0.5) is 0 Å². The maximum Gasteiger partial charge on any atom is 0.370 e. The highest BCUT2D eigenvalue weighted by atomic mass is 32.2. The van der Waals surface area contributed by atoms with Crippen LogP contribution in [0.1, 0.15) is 0 Å². The Morgan fingerprint density at radius 3 is 1.71 bits per heavy atom. The number of nitrogens with zero attached hydrogens (tertiary/aromatic N) is 2. The molecule has 0 atom stereocenters. The van der Waals surface area contributed by atoms with Crippen LogP contribution in [0, 0.1) is 0 Å². The van der Waals surface area contributed by atoms with E-state index in [1.807, 2.05) is 12.1 Å². The maximum atomic E-state index is 10.4. The zero-order valence-electron chi connectivity index (χ0n) is 11.5. The molecule has 0 aromatic heterocycles. The minimum atomic E-state index is -3.34.